The van der Waals surface area contributed by atoms with Gasteiger partial charge >= 0.3 is 11.9 Å². The molecule has 134 valence electrons. The number of nitrogens with one attached hydrogen (secondary N) is 1. The van der Waals surface area contributed by atoms with Crippen LogP contribution in [0, 0.1) is 0 Å². The Bertz CT molecular complexity index is 714. The molecule has 1 atom stereocenters. The monoisotopic (exact) mass is 345 g/mol. The van der Waals surface area contributed by atoms with Crippen molar-refractivity contribution in [1.82, 2.24) is 14.9 Å². The highest BCUT2D eigenvalue weighted by Crippen LogP contribution is 2.17. The van der Waals surface area contributed by atoms with Crippen molar-refractivity contribution in [1.29, 1.82) is 0 Å². The van der Waals surface area contributed by atoms with Crippen LogP contribution in [0.2, 0.25) is 0 Å². The average molecular weight is 345 g/mol. The van der Waals surface area contributed by atoms with E-state index in [0.717, 1.165) is 11.4 Å². The molecule has 2 N–H and O–H groups in total. The number of nitrogens with zero attached hydrogens (tertiary/aromatic N) is 2. The smallest absolute Gasteiger partial charge is 0.317 e. The summed E-state index contributed by atoms with van der Waals surface area (Å²) in [4.78, 5) is 27.4. The second-order valence-electron chi connectivity index (χ2n) is 6.26. The minimum absolute atomic E-state index is 0.0416. The van der Waals surface area contributed by atoms with E-state index in [4.69, 9.17) is 9.84 Å². The zero-order valence-electron chi connectivity index (χ0n) is 14.4. The fraction of sp³-hybridized carbons (Fsp3) is 0.389. The van der Waals surface area contributed by atoms with Crippen LogP contribution in [-0.2, 0) is 34.4 Å². The summed E-state index contributed by atoms with van der Waals surface area (Å²) in [7, 11) is 1.85. The predicted molar refractivity (Wildman–Crippen MR) is 91.8 cm³/mol. The van der Waals surface area contributed by atoms with Gasteiger partial charge in [0.25, 0.3) is 0 Å². The van der Waals surface area contributed by atoms with Crippen LogP contribution in [0.15, 0.2) is 42.7 Å². The summed E-state index contributed by atoms with van der Waals surface area (Å²) in [6.07, 6.45) is 3.92. The molecule has 1 unspecified atom stereocenters. The number of hydrogen-bond acceptors (Lipinski definition) is 5. The zero-order valence-corrected chi connectivity index (χ0v) is 14.4. The van der Waals surface area contributed by atoms with E-state index in [0.29, 0.717) is 6.42 Å². The van der Waals surface area contributed by atoms with Crippen molar-refractivity contribution in [2.75, 3.05) is 6.54 Å². The predicted octanol–water partition coefficient (Wildman–Crippen LogP) is 1.53. The maximum absolute atomic E-state index is 12.3. The Labute approximate surface area is 146 Å². The number of aryl methyl sites for hydroxylation is 1. The van der Waals surface area contributed by atoms with Gasteiger partial charge in [0, 0.05) is 31.4 Å². The molecule has 1 aromatic heterocycles. The number of hydrogen-bond donors (Lipinski definition) is 2. The number of aromatic nitrogens is 2. The summed E-state index contributed by atoms with van der Waals surface area (Å²) in [6.45, 7) is 1.75. The lowest BCUT2D eigenvalue weighted by molar-refractivity contribution is -0.147. The van der Waals surface area contributed by atoms with E-state index in [-0.39, 0.29) is 19.6 Å². The second-order valence-corrected chi connectivity index (χ2v) is 6.26. The highest BCUT2D eigenvalue weighted by molar-refractivity contribution is 5.72. The molecule has 0 bridgehead atoms. The summed E-state index contributed by atoms with van der Waals surface area (Å²) in [5.74, 6) is -0.613. The molecule has 0 fully saturated rings. The molecule has 0 spiro atoms. The molecule has 0 saturated heterocycles. The van der Waals surface area contributed by atoms with Crippen molar-refractivity contribution in [2.24, 2.45) is 7.05 Å². The zero-order chi connectivity index (χ0) is 18.3. The van der Waals surface area contributed by atoms with E-state index in [1.165, 1.54) is 0 Å². The molecule has 0 saturated carbocycles. The molecule has 25 heavy (non-hydrogen) atoms. The highest BCUT2D eigenvalue weighted by Gasteiger charge is 2.30. The van der Waals surface area contributed by atoms with Gasteiger partial charge in [-0.25, -0.2) is 4.98 Å². The van der Waals surface area contributed by atoms with Crippen molar-refractivity contribution < 1.29 is 19.4 Å². The molecule has 1 heterocycles. The fourth-order valence-corrected chi connectivity index (χ4v) is 2.50. The average Bonchev–Trinajstić information content (AvgIpc) is 2.97. The Morgan fingerprint density at radius 1 is 1.32 bits per heavy atom. The topological polar surface area (TPSA) is 93.5 Å². The van der Waals surface area contributed by atoms with Gasteiger partial charge in [0.2, 0.25) is 0 Å². The van der Waals surface area contributed by atoms with Gasteiger partial charge in [-0.3, -0.25) is 9.59 Å². The summed E-state index contributed by atoms with van der Waals surface area (Å²) >= 11 is 0. The number of carboxylic acid groups (broad SMARTS) is 1. The van der Waals surface area contributed by atoms with E-state index in [1.807, 2.05) is 41.9 Å². The van der Waals surface area contributed by atoms with Crippen LogP contribution in [0.4, 0.5) is 0 Å². The number of benzene rings is 1. The van der Waals surface area contributed by atoms with Crippen LogP contribution in [0.1, 0.15) is 24.7 Å². The van der Waals surface area contributed by atoms with Crippen molar-refractivity contribution in [3.63, 3.8) is 0 Å². The summed E-state index contributed by atoms with van der Waals surface area (Å²) in [6, 6.07) is 9.41. The maximum atomic E-state index is 12.3. The standard InChI is InChI=1S/C18H23N3O4/c1-18(20-12-16(22)23,10-15-19-8-9-21(15)2)11-17(24)25-13-14-6-4-3-5-7-14/h3-9,20H,10-13H2,1-2H3,(H,22,23). The highest BCUT2D eigenvalue weighted by atomic mass is 16.5. The molecule has 7 nitrogen and oxygen atoms in total. The molecule has 2 rings (SSSR count). The summed E-state index contributed by atoms with van der Waals surface area (Å²) in [5, 5.41) is 11.9. The number of carbonyl (C=O) groups is 2. The molecule has 0 aliphatic heterocycles. The van der Waals surface area contributed by atoms with Gasteiger partial charge in [-0.05, 0) is 12.5 Å². The number of aliphatic carboxylic acids is 1. The Kier molecular flexibility index (Phi) is 6.30. The first-order valence-corrected chi connectivity index (χ1v) is 8.00. The van der Waals surface area contributed by atoms with Crippen molar-refractivity contribution in [2.45, 2.75) is 31.9 Å². The third kappa shape index (κ3) is 6.04. The molecule has 2 aromatic rings. The molecule has 7 heteroatoms. The van der Waals surface area contributed by atoms with E-state index in [2.05, 4.69) is 10.3 Å². The van der Waals surface area contributed by atoms with Gasteiger partial charge in [-0.15, -0.1) is 0 Å². The number of ether oxygens (including phenoxy) is 1. The van der Waals surface area contributed by atoms with Gasteiger partial charge in [-0.2, -0.15) is 0 Å². The minimum Gasteiger partial charge on any atom is -0.480 e. The van der Waals surface area contributed by atoms with Crippen LogP contribution in [0.25, 0.3) is 0 Å². The van der Waals surface area contributed by atoms with Gasteiger partial charge in [0.1, 0.15) is 12.4 Å². The lowest BCUT2D eigenvalue weighted by atomic mass is 9.93. The van der Waals surface area contributed by atoms with Crippen LogP contribution in [-0.4, -0.2) is 38.7 Å². The summed E-state index contributed by atoms with van der Waals surface area (Å²) in [5.41, 5.74) is 0.130. The Morgan fingerprint density at radius 2 is 2.04 bits per heavy atom. The molecule has 1 aromatic carbocycles. The summed E-state index contributed by atoms with van der Waals surface area (Å²) < 4.78 is 7.17. The first-order valence-electron chi connectivity index (χ1n) is 8.00. The fourth-order valence-electron chi connectivity index (χ4n) is 2.50. The SMILES string of the molecule is Cn1ccnc1CC(C)(CC(=O)OCc1ccccc1)NCC(=O)O. The first-order chi connectivity index (χ1) is 11.9. The number of imidazole rings is 1. The van der Waals surface area contributed by atoms with Crippen molar-refractivity contribution in [3.05, 3.63) is 54.1 Å². The van der Waals surface area contributed by atoms with Crippen molar-refractivity contribution >= 4 is 11.9 Å². The molecular weight excluding hydrogens is 322 g/mol. The van der Waals surface area contributed by atoms with Crippen LogP contribution < -0.4 is 5.32 Å². The molecule has 0 aliphatic rings. The van der Waals surface area contributed by atoms with Gasteiger partial charge in [0.15, 0.2) is 0 Å². The van der Waals surface area contributed by atoms with Gasteiger partial charge in [-0.1, -0.05) is 30.3 Å². The number of carboxylic acids is 1. The van der Waals surface area contributed by atoms with E-state index in [9.17, 15) is 9.59 Å². The lowest BCUT2D eigenvalue weighted by Crippen LogP contribution is -2.48. The Morgan fingerprint density at radius 3 is 2.64 bits per heavy atom. The van der Waals surface area contributed by atoms with Crippen LogP contribution in [0.5, 0.6) is 0 Å². The third-order valence-electron chi connectivity index (χ3n) is 3.91. The Hall–Kier alpha value is -2.67. The normalized spacial score (nSPS) is 13.2. The van der Waals surface area contributed by atoms with Crippen molar-refractivity contribution in [3.8, 4) is 0 Å². The van der Waals surface area contributed by atoms with Gasteiger partial charge in [0.05, 0.1) is 13.0 Å². The maximum Gasteiger partial charge on any atom is 0.317 e. The van der Waals surface area contributed by atoms with E-state index < -0.39 is 17.5 Å². The quantitative estimate of drug-likeness (QED) is 0.670. The lowest BCUT2D eigenvalue weighted by Gasteiger charge is -2.29. The molecular formula is C18H23N3O4. The molecule has 0 radical (unpaired) electrons. The number of carbonyl (C=O) groups excluding carboxylic acids is 1. The molecule has 0 aliphatic carbocycles. The second kappa shape index (κ2) is 8.43. The largest absolute Gasteiger partial charge is 0.480 e. The number of rotatable bonds is 9. The van der Waals surface area contributed by atoms with E-state index in [1.54, 1.807) is 19.3 Å². The molecule has 0 amide bonds. The van der Waals surface area contributed by atoms with Crippen LogP contribution >= 0.6 is 0 Å². The third-order valence-corrected chi connectivity index (χ3v) is 3.91. The van der Waals surface area contributed by atoms with Crippen LogP contribution in [0.3, 0.4) is 0 Å². The van der Waals surface area contributed by atoms with Gasteiger partial charge < -0.3 is 19.7 Å². The Balaban J connectivity index is 2.00. The first kappa shape index (κ1) is 18.7. The number of esters is 1. The minimum atomic E-state index is -0.983. The van der Waals surface area contributed by atoms with E-state index >= 15 is 0 Å².